The van der Waals surface area contributed by atoms with Crippen molar-refractivity contribution in [3.8, 4) is 0 Å². The number of nitrogens with one attached hydrogen (secondary N) is 1. The smallest absolute Gasteiger partial charge is 0.285 e. The Balaban J connectivity index is 2.05. The van der Waals surface area contributed by atoms with Crippen molar-refractivity contribution in [1.82, 2.24) is 5.32 Å². The summed E-state index contributed by atoms with van der Waals surface area (Å²) < 4.78 is 11.0. The molecule has 1 aliphatic heterocycles. The van der Waals surface area contributed by atoms with Crippen LogP contribution in [0.2, 0.25) is 0 Å². The summed E-state index contributed by atoms with van der Waals surface area (Å²) in [6.45, 7) is 5.81. The lowest BCUT2D eigenvalue weighted by Crippen LogP contribution is -2.34. The number of carbonyl (C=O) groups is 1. The van der Waals surface area contributed by atoms with Crippen LogP contribution < -0.4 is 5.32 Å². The van der Waals surface area contributed by atoms with E-state index in [9.17, 15) is 14.9 Å². The lowest BCUT2D eigenvalue weighted by atomic mass is 10.1. The average Bonchev–Trinajstić information content (AvgIpc) is 2.74. The van der Waals surface area contributed by atoms with Crippen molar-refractivity contribution >= 4 is 11.6 Å². The van der Waals surface area contributed by atoms with E-state index >= 15 is 0 Å². The van der Waals surface area contributed by atoms with Crippen molar-refractivity contribution in [2.75, 3.05) is 13.2 Å². The summed E-state index contributed by atoms with van der Waals surface area (Å²) in [5.74, 6) is -1.15. The third kappa shape index (κ3) is 3.56. The molecule has 0 aliphatic carbocycles. The van der Waals surface area contributed by atoms with Gasteiger partial charge >= 0.3 is 0 Å². The number of carbonyl (C=O) groups excluding carboxylic acids is 1. The number of hydrogen-bond acceptors (Lipinski definition) is 5. The highest BCUT2D eigenvalue weighted by molar-refractivity contribution is 5.98. The Morgan fingerprint density at radius 3 is 2.81 bits per heavy atom. The summed E-state index contributed by atoms with van der Waals surface area (Å²) >= 11 is 0. The zero-order valence-electron chi connectivity index (χ0n) is 12.2. The van der Waals surface area contributed by atoms with Gasteiger partial charge in [-0.25, -0.2) is 0 Å². The van der Waals surface area contributed by atoms with Crippen LogP contribution in [-0.2, 0) is 9.47 Å². The number of benzene rings is 1. The fraction of sp³-hybridized carbons (Fsp3) is 0.500. The molecule has 7 heteroatoms. The van der Waals surface area contributed by atoms with Gasteiger partial charge in [-0.05, 0) is 26.8 Å². The molecule has 1 atom stereocenters. The molecule has 1 aliphatic rings. The molecule has 1 heterocycles. The quantitative estimate of drug-likeness (QED) is 0.675. The molecular weight excluding hydrogens is 276 g/mol. The summed E-state index contributed by atoms with van der Waals surface area (Å²) in [7, 11) is 0. The first kappa shape index (κ1) is 15.4. The van der Waals surface area contributed by atoms with Crippen LogP contribution >= 0.6 is 0 Å². The van der Waals surface area contributed by atoms with E-state index < -0.39 is 16.6 Å². The van der Waals surface area contributed by atoms with Gasteiger partial charge in [0.2, 0.25) is 0 Å². The highest BCUT2D eigenvalue weighted by atomic mass is 16.7. The molecular formula is C14H18N2O5. The minimum absolute atomic E-state index is 0.0539. The second-order valence-corrected chi connectivity index (χ2v) is 5.39. The largest absolute Gasteiger partial charge is 0.349 e. The molecule has 2 rings (SSSR count). The minimum atomic E-state index is -0.662. The summed E-state index contributed by atoms with van der Waals surface area (Å²) in [6.07, 6.45) is -0.257. The number of nitro groups is 1. The van der Waals surface area contributed by atoms with Gasteiger partial charge < -0.3 is 14.8 Å². The second-order valence-electron chi connectivity index (χ2n) is 5.39. The highest BCUT2D eigenvalue weighted by Crippen LogP contribution is 2.24. The lowest BCUT2D eigenvalue weighted by Gasteiger charge is -2.17. The molecule has 1 fully saturated rings. The van der Waals surface area contributed by atoms with Crippen LogP contribution in [0.1, 0.15) is 29.8 Å². The first-order valence-corrected chi connectivity index (χ1v) is 6.64. The zero-order valence-corrected chi connectivity index (χ0v) is 12.2. The van der Waals surface area contributed by atoms with Crippen LogP contribution in [0, 0.1) is 17.0 Å². The first-order valence-electron chi connectivity index (χ1n) is 6.64. The van der Waals surface area contributed by atoms with Crippen LogP contribution in [0.3, 0.4) is 0 Å². The normalized spacial score (nSPS) is 20.2. The predicted octanol–water partition coefficient (Wildman–Crippen LogP) is 1.78. The van der Waals surface area contributed by atoms with Crippen LogP contribution in [0.4, 0.5) is 5.69 Å². The first-order chi connectivity index (χ1) is 9.80. The molecule has 7 nitrogen and oxygen atoms in total. The number of nitrogens with zero attached hydrogens (tertiary/aromatic N) is 1. The predicted molar refractivity (Wildman–Crippen MR) is 75.1 cm³/mol. The number of rotatable bonds is 4. The second kappa shape index (κ2) is 5.79. The summed E-state index contributed by atoms with van der Waals surface area (Å²) in [5.41, 5.74) is 0.339. The van der Waals surface area contributed by atoms with E-state index in [1.54, 1.807) is 32.9 Å². The van der Waals surface area contributed by atoms with Gasteiger partial charge in [-0.15, -0.1) is 0 Å². The number of aryl methyl sites for hydroxylation is 1. The van der Waals surface area contributed by atoms with Gasteiger partial charge in [0, 0.05) is 12.1 Å². The van der Waals surface area contributed by atoms with Gasteiger partial charge in [0.25, 0.3) is 11.6 Å². The van der Waals surface area contributed by atoms with Gasteiger partial charge in [0.1, 0.15) is 11.7 Å². The van der Waals surface area contributed by atoms with Crippen LogP contribution in [-0.4, -0.2) is 35.9 Å². The number of nitro benzene ring substituents is 1. The van der Waals surface area contributed by atoms with Crippen molar-refractivity contribution in [2.24, 2.45) is 0 Å². The third-order valence-corrected chi connectivity index (χ3v) is 3.22. The average molecular weight is 294 g/mol. The van der Waals surface area contributed by atoms with Crippen molar-refractivity contribution < 1.29 is 19.2 Å². The topological polar surface area (TPSA) is 90.7 Å². The molecule has 1 N–H and O–H groups in total. The van der Waals surface area contributed by atoms with Gasteiger partial charge in [-0.1, -0.05) is 12.1 Å². The molecule has 1 aromatic carbocycles. The van der Waals surface area contributed by atoms with Gasteiger partial charge in [0.15, 0.2) is 5.79 Å². The monoisotopic (exact) mass is 294 g/mol. The van der Waals surface area contributed by atoms with Gasteiger partial charge in [-0.3, -0.25) is 14.9 Å². The van der Waals surface area contributed by atoms with E-state index in [4.69, 9.17) is 9.47 Å². The van der Waals surface area contributed by atoms with E-state index in [1.807, 2.05) is 0 Å². The van der Waals surface area contributed by atoms with Crippen LogP contribution in [0.5, 0.6) is 0 Å². The summed E-state index contributed by atoms with van der Waals surface area (Å²) in [4.78, 5) is 22.7. The number of para-hydroxylation sites is 1. The molecule has 1 saturated heterocycles. The van der Waals surface area contributed by atoms with Gasteiger partial charge in [0.05, 0.1) is 11.5 Å². The van der Waals surface area contributed by atoms with Crippen molar-refractivity contribution in [2.45, 2.75) is 32.7 Å². The van der Waals surface area contributed by atoms with Crippen molar-refractivity contribution in [1.29, 1.82) is 0 Å². The third-order valence-electron chi connectivity index (χ3n) is 3.22. The standard InChI is InChI=1S/C14H18N2O5/c1-9-5-4-6-11(12(9)16(18)19)13(17)15-7-10-8-20-14(2,3)21-10/h4-6,10H,7-8H2,1-3H3,(H,15,17). The Hall–Kier alpha value is -1.99. The summed E-state index contributed by atoms with van der Waals surface area (Å²) in [6, 6.07) is 4.66. The Kier molecular flexibility index (Phi) is 4.24. The van der Waals surface area contributed by atoms with Crippen molar-refractivity contribution in [3.05, 3.63) is 39.4 Å². The van der Waals surface area contributed by atoms with Gasteiger partial charge in [-0.2, -0.15) is 0 Å². The van der Waals surface area contributed by atoms with Crippen molar-refractivity contribution in [3.63, 3.8) is 0 Å². The molecule has 0 bridgehead atoms. The fourth-order valence-corrected chi connectivity index (χ4v) is 2.25. The maximum absolute atomic E-state index is 12.1. The Labute approximate surface area is 122 Å². The Bertz CT molecular complexity index is 570. The molecule has 1 amide bonds. The van der Waals surface area contributed by atoms with E-state index in [1.165, 1.54) is 6.07 Å². The highest BCUT2D eigenvalue weighted by Gasteiger charge is 2.33. The number of amides is 1. The molecule has 114 valence electrons. The maximum Gasteiger partial charge on any atom is 0.285 e. The molecule has 0 saturated carbocycles. The number of hydrogen-bond donors (Lipinski definition) is 1. The van der Waals surface area contributed by atoms with E-state index in [0.29, 0.717) is 12.2 Å². The molecule has 0 aromatic heterocycles. The number of ether oxygens (including phenoxy) is 2. The van der Waals surface area contributed by atoms with E-state index in [2.05, 4.69) is 5.32 Å². The molecule has 1 unspecified atom stereocenters. The summed E-state index contributed by atoms with van der Waals surface area (Å²) in [5, 5.41) is 13.7. The molecule has 0 radical (unpaired) electrons. The lowest BCUT2D eigenvalue weighted by molar-refractivity contribution is -0.385. The minimum Gasteiger partial charge on any atom is -0.349 e. The maximum atomic E-state index is 12.1. The zero-order chi connectivity index (χ0) is 15.6. The molecule has 1 aromatic rings. The Morgan fingerprint density at radius 1 is 1.52 bits per heavy atom. The Morgan fingerprint density at radius 2 is 2.24 bits per heavy atom. The van der Waals surface area contributed by atoms with E-state index in [-0.39, 0.29) is 23.9 Å². The van der Waals surface area contributed by atoms with Crippen LogP contribution in [0.25, 0.3) is 0 Å². The van der Waals surface area contributed by atoms with Crippen LogP contribution in [0.15, 0.2) is 18.2 Å². The molecule has 0 spiro atoms. The molecule has 21 heavy (non-hydrogen) atoms. The SMILES string of the molecule is Cc1cccc(C(=O)NCC2COC(C)(C)O2)c1[N+](=O)[O-]. The van der Waals surface area contributed by atoms with E-state index in [0.717, 1.165) is 0 Å². The fourth-order valence-electron chi connectivity index (χ4n) is 2.25.